The highest BCUT2D eigenvalue weighted by Gasteiger charge is 2.31. The Morgan fingerprint density at radius 2 is 2.24 bits per heavy atom. The number of benzene rings is 1. The zero-order valence-electron chi connectivity index (χ0n) is 13.9. The predicted octanol–water partition coefficient (Wildman–Crippen LogP) is 3.18. The normalized spacial score (nSPS) is 16.8. The van der Waals surface area contributed by atoms with E-state index in [1.54, 1.807) is 6.92 Å². The fourth-order valence-electron chi connectivity index (χ4n) is 2.83. The maximum Gasteiger partial charge on any atom is 0.327 e. The van der Waals surface area contributed by atoms with Crippen LogP contribution in [0.2, 0.25) is 5.02 Å². The number of hydrogen-bond donors (Lipinski definition) is 1. The van der Waals surface area contributed by atoms with E-state index in [2.05, 4.69) is 10.4 Å². The minimum absolute atomic E-state index is 0.0514. The topological polar surface area (TPSA) is 73.2 Å². The molecule has 1 unspecified atom stereocenters. The molecule has 1 aliphatic heterocycles. The lowest BCUT2D eigenvalue weighted by atomic mass is 10.0. The van der Waals surface area contributed by atoms with Crippen molar-refractivity contribution in [1.29, 1.82) is 0 Å². The SMILES string of the molecule is CCOC(=O)Cn1nc(C)c2c1NC(=O)CSC2c1ccccc1Cl. The van der Waals surface area contributed by atoms with Gasteiger partial charge in [0.1, 0.15) is 12.4 Å². The van der Waals surface area contributed by atoms with E-state index in [1.165, 1.54) is 16.4 Å². The predicted molar refractivity (Wildman–Crippen MR) is 98.0 cm³/mol. The second-order valence-corrected chi connectivity index (χ2v) is 7.07. The summed E-state index contributed by atoms with van der Waals surface area (Å²) in [6.07, 6.45) is 0. The van der Waals surface area contributed by atoms with Crippen LogP contribution in [0.5, 0.6) is 0 Å². The number of esters is 1. The second kappa shape index (κ2) is 7.49. The molecule has 2 heterocycles. The van der Waals surface area contributed by atoms with Gasteiger partial charge >= 0.3 is 5.97 Å². The highest BCUT2D eigenvalue weighted by Crippen LogP contribution is 2.45. The first-order chi connectivity index (χ1) is 12.0. The number of hydrogen-bond acceptors (Lipinski definition) is 5. The molecular formula is C17H18ClN3O3S. The molecule has 1 atom stereocenters. The molecule has 0 radical (unpaired) electrons. The maximum absolute atomic E-state index is 12.2. The number of aromatic nitrogens is 2. The van der Waals surface area contributed by atoms with E-state index in [1.807, 2.05) is 31.2 Å². The van der Waals surface area contributed by atoms with Gasteiger partial charge in [0.2, 0.25) is 5.91 Å². The van der Waals surface area contributed by atoms with Crippen molar-refractivity contribution in [3.63, 3.8) is 0 Å². The number of thioether (sulfide) groups is 1. The lowest BCUT2D eigenvalue weighted by Gasteiger charge is -2.16. The summed E-state index contributed by atoms with van der Waals surface area (Å²) >= 11 is 7.87. The maximum atomic E-state index is 12.2. The molecule has 8 heteroatoms. The zero-order valence-corrected chi connectivity index (χ0v) is 15.5. The number of carbonyl (C=O) groups excluding carboxylic acids is 2. The third-order valence-corrected chi connectivity index (χ3v) is 5.44. The van der Waals surface area contributed by atoms with E-state index in [0.717, 1.165) is 16.8 Å². The number of ether oxygens (including phenoxy) is 1. The van der Waals surface area contributed by atoms with Crippen LogP contribution in [-0.2, 0) is 20.9 Å². The lowest BCUT2D eigenvalue weighted by molar-refractivity contribution is -0.144. The van der Waals surface area contributed by atoms with Gasteiger partial charge in [0.25, 0.3) is 0 Å². The lowest BCUT2D eigenvalue weighted by Crippen LogP contribution is -2.20. The van der Waals surface area contributed by atoms with Crippen LogP contribution in [0.25, 0.3) is 0 Å². The van der Waals surface area contributed by atoms with Crippen molar-refractivity contribution in [3.8, 4) is 0 Å². The second-order valence-electron chi connectivity index (χ2n) is 5.57. The van der Waals surface area contributed by atoms with Gasteiger partial charge < -0.3 is 10.1 Å². The molecule has 132 valence electrons. The van der Waals surface area contributed by atoms with Gasteiger partial charge in [-0.1, -0.05) is 29.8 Å². The van der Waals surface area contributed by atoms with Crippen molar-refractivity contribution in [2.75, 3.05) is 17.7 Å². The molecule has 2 aromatic rings. The fourth-order valence-corrected chi connectivity index (χ4v) is 4.36. The first kappa shape index (κ1) is 17.8. The van der Waals surface area contributed by atoms with E-state index >= 15 is 0 Å². The Morgan fingerprint density at radius 3 is 2.96 bits per heavy atom. The number of nitrogens with zero attached hydrogens (tertiary/aromatic N) is 2. The molecule has 1 aromatic heterocycles. The molecule has 0 saturated carbocycles. The average Bonchev–Trinajstić information content (AvgIpc) is 2.75. The Balaban J connectivity index is 2.07. The molecule has 0 saturated heterocycles. The Hall–Kier alpha value is -1.99. The van der Waals surface area contributed by atoms with E-state index in [0.29, 0.717) is 23.2 Å². The van der Waals surface area contributed by atoms with Gasteiger partial charge in [-0.25, -0.2) is 4.68 Å². The molecule has 6 nitrogen and oxygen atoms in total. The van der Waals surface area contributed by atoms with Crippen LogP contribution in [0, 0.1) is 6.92 Å². The summed E-state index contributed by atoms with van der Waals surface area (Å²) in [4.78, 5) is 24.0. The smallest absolute Gasteiger partial charge is 0.327 e. The quantitative estimate of drug-likeness (QED) is 0.826. The molecule has 0 aliphatic carbocycles. The largest absolute Gasteiger partial charge is 0.465 e. The number of aryl methyl sites for hydroxylation is 1. The minimum Gasteiger partial charge on any atom is -0.465 e. The van der Waals surface area contributed by atoms with E-state index in [9.17, 15) is 9.59 Å². The number of fused-ring (bicyclic) bond motifs is 1. The first-order valence-electron chi connectivity index (χ1n) is 7.90. The van der Waals surface area contributed by atoms with Gasteiger partial charge in [-0.05, 0) is 25.5 Å². The highest BCUT2D eigenvalue weighted by molar-refractivity contribution is 8.00. The Labute approximate surface area is 154 Å². The van der Waals surface area contributed by atoms with Crippen molar-refractivity contribution < 1.29 is 14.3 Å². The van der Waals surface area contributed by atoms with Crippen LogP contribution in [-0.4, -0.2) is 34.0 Å². The number of rotatable bonds is 4. The summed E-state index contributed by atoms with van der Waals surface area (Å²) in [5.41, 5.74) is 2.54. The summed E-state index contributed by atoms with van der Waals surface area (Å²) < 4.78 is 6.49. The van der Waals surface area contributed by atoms with E-state index < -0.39 is 5.97 Å². The van der Waals surface area contributed by atoms with Crippen LogP contribution >= 0.6 is 23.4 Å². The third-order valence-electron chi connectivity index (χ3n) is 3.85. The monoisotopic (exact) mass is 379 g/mol. The Kier molecular flexibility index (Phi) is 5.34. The minimum atomic E-state index is -0.395. The highest BCUT2D eigenvalue weighted by atomic mass is 35.5. The van der Waals surface area contributed by atoms with Gasteiger partial charge in [-0.15, -0.1) is 11.8 Å². The number of halogens is 1. The Bertz CT molecular complexity index is 821. The number of anilines is 1. The number of carbonyl (C=O) groups is 2. The summed E-state index contributed by atoms with van der Waals surface area (Å²) in [6.45, 7) is 3.86. The standard InChI is InChI=1S/C17H18ClN3O3S/c1-3-24-14(23)8-21-17-15(10(2)20-21)16(25-9-13(22)19-17)11-6-4-5-7-12(11)18/h4-7,16H,3,8-9H2,1-2H3,(H,19,22). The molecule has 3 rings (SSSR count). The summed E-state index contributed by atoms with van der Waals surface area (Å²) in [5, 5.41) is 7.81. The van der Waals surface area contributed by atoms with Gasteiger partial charge in [0, 0.05) is 10.6 Å². The molecule has 0 fully saturated rings. The van der Waals surface area contributed by atoms with Crippen molar-refractivity contribution in [2.45, 2.75) is 25.6 Å². The first-order valence-corrected chi connectivity index (χ1v) is 9.32. The van der Waals surface area contributed by atoms with Crippen LogP contribution in [0.15, 0.2) is 24.3 Å². The molecular weight excluding hydrogens is 362 g/mol. The molecule has 25 heavy (non-hydrogen) atoms. The van der Waals surface area contributed by atoms with Crippen LogP contribution in [0.1, 0.15) is 29.0 Å². The van der Waals surface area contributed by atoms with Crippen molar-refractivity contribution in [2.24, 2.45) is 0 Å². The Morgan fingerprint density at radius 1 is 1.48 bits per heavy atom. The van der Waals surface area contributed by atoms with Crippen LogP contribution in [0.3, 0.4) is 0 Å². The van der Waals surface area contributed by atoms with Crippen molar-refractivity contribution >= 4 is 41.1 Å². The molecule has 0 spiro atoms. The number of nitrogens with one attached hydrogen (secondary N) is 1. The molecule has 1 N–H and O–H groups in total. The van der Waals surface area contributed by atoms with Crippen LogP contribution in [0.4, 0.5) is 5.82 Å². The molecule has 1 aromatic carbocycles. The summed E-state index contributed by atoms with van der Waals surface area (Å²) in [6, 6.07) is 7.56. The summed E-state index contributed by atoms with van der Waals surface area (Å²) in [5.74, 6) is 0.299. The average molecular weight is 380 g/mol. The van der Waals surface area contributed by atoms with Crippen LogP contribution < -0.4 is 5.32 Å². The number of amides is 1. The van der Waals surface area contributed by atoms with Gasteiger partial charge in [0.05, 0.1) is 23.3 Å². The molecule has 1 aliphatic rings. The van der Waals surface area contributed by atoms with Crippen molar-refractivity contribution in [3.05, 3.63) is 46.1 Å². The fraction of sp³-hybridized carbons (Fsp3) is 0.353. The van der Waals surface area contributed by atoms with E-state index in [4.69, 9.17) is 16.3 Å². The van der Waals surface area contributed by atoms with E-state index in [-0.39, 0.29) is 17.7 Å². The molecule has 0 bridgehead atoms. The molecule has 1 amide bonds. The summed E-state index contributed by atoms with van der Waals surface area (Å²) in [7, 11) is 0. The van der Waals surface area contributed by atoms with Gasteiger partial charge in [0.15, 0.2) is 0 Å². The van der Waals surface area contributed by atoms with Gasteiger partial charge in [-0.3, -0.25) is 9.59 Å². The third kappa shape index (κ3) is 3.67. The van der Waals surface area contributed by atoms with Gasteiger partial charge in [-0.2, -0.15) is 5.10 Å². The van der Waals surface area contributed by atoms with Crippen molar-refractivity contribution in [1.82, 2.24) is 9.78 Å². The zero-order chi connectivity index (χ0) is 18.0.